The van der Waals surface area contributed by atoms with E-state index in [2.05, 4.69) is 22.8 Å². The Kier molecular flexibility index (Phi) is 7.57. The lowest BCUT2D eigenvalue weighted by Crippen LogP contribution is -2.32. The third kappa shape index (κ3) is 5.52. The van der Waals surface area contributed by atoms with E-state index >= 15 is 0 Å². The molecule has 2 heterocycles. The minimum atomic E-state index is -0.348. The van der Waals surface area contributed by atoms with Gasteiger partial charge in [0.05, 0.1) is 4.75 Å². The van der Waals surface area contributed by atoms with Crippen LogP contribution in [-0.2, 0) is 9.54 Å². The van der Waals surface area contributed by atoms with Crippen LogP contribution >= 0.6 is 23.1 Å². The van der Waals surface area contributed by atoms with Crippen LogP contribution in [0.15, 0.2) is 36.4 Å². The fourth-order valence-electron chi connectivity index (χ4n) is 3.47. The van der Waals surface area contributed by atoms with Crippen molar-refractivity contribution in [3.05, 3.63) is 41.3 Å². The van der Waals surface area contributed by atoms with Crippen molar-refractivity contribution in [2.24, 2.45) is 0 Å². The van der Waals surface area contributed by atoms with E-state index in [0.29, 0.717) is 6.54 Å². The van der Waals surface area contributed by atoms with Crippen LogP contribution in [0.4, 0.5) is 10.5 Å². The van der Waals surface area contributed by atoms with Gasteiger partial charge < -0.3 is 10.6 Å². The van der Waals surface area contributed by atoms with Crippen molar-refractivity contribution in [2.45, 2.75) is 43.8 Å². The molecule has 3 rings (SSSR count). The van der Waals surface area contributed by atoms with E-state index < -0.39 is 0 Å². The molecule has 0 unspecified atom stereocenters. The smallest absolute Gasteiger partial charge is 0.319 e. The Hall–Kier alpha value is -2.03. The SMILES string of the molecule is CCCNC(=O)Nc1cccc(-c2ccc([C@@]3(CC(=O)NO)CCCCS3)s2)c1. The number of thiophene rings is 1. The Morgan fingerprint density at radius 3 is 2.79 bits per heavy atom. The summed E-state index contributed by atoms with van der Waals surface area (Å²) < 4.78 is -0.288. The second-order valence-electron chi connectivity index (χ2n) is 7.14. The van der Waals surface area contributed by atoms with Gasteiger partial charge in [-0.15, -0.1) is 23.1 Å². The van der Waals surface area contributed by atoms with Crippen LogP contribution in [0.2, 0.25) is 0 Å². The molecule has 1 aromatic carbocycles. The quantitative estimate of drug-likeness (QED) is 0.367. The molecule has 0 aliphatic carbocycles. The Bertz CT molecular complexity index is 847. The summed E-state index contributed by atoms with van der Waals surface area (Å²) in [5, 5.41) is 14.7. The zero-order valence-corrected chi connectivity index (χ0v) is 18.1. The van der Waals surface area contributed by atoms with Gasteiger partial charge in [-0.3, -0.25) is 10.0 Å². The molecule has 8 heteroatoms. The standard InChI is InChI=1S/C21H27N3O3S2/c1-2-11-22-20(26)23-16-7-5-6-15(13-16)17-8-9-18(29-17)21(14-19(25)24-27)10-3-4-12-28-21/h5-9,13,27H,2-4,10-12,14H2,1H3,(H,24,25)(H2,22,23,26)/t21-/m0/s1. The molecule has 0 spiro atoms. The molecular weight excluding hydrogens is 406 g/mol. The van der Waals surface area contributed by atoms with E-state index in [9.17, 15) is 9.59 Å². The van der Waals surface area contributed by atoms with Gasteiger partial charge in [0, 0.05) is 28.4 Å². The molecule has 1 aliphatic heterocycles. The second kappa shape index (κ2) is 10.1. The summed E-state index contributed by atoms with van der Waals surface area (Å²) in [6, 6.07) is 11.7. The molecule has 156 valence electrons. The summed E-state index contributed by atoms with van der Waals surface area (Å²) in [7, 11) is 0. The molecule has 1 atom stereocenters. The number of urea groups is 1. The van der Waals surface area contributed by atoms with Crippen molar-refractivity contribution in [3.8, 4) is 10.4 Å². The van der Waals surface area contributed by atoms with Crippen LogP contribution in [0.25, 0.3) is 10.4 Å². The summed E-state index contributed by atoms with van der Waals surface area (Å²) in [6.45, 7) is 2.65. The Morgan fingerprint density at radius 1 is 1.21 bits per heavy atom. The second-order valence-corrected chi connectivity index (χ2v) is 9.70. The summed E-state index contributed by atoms with van der Waals surface area (Å²) in [4.78, 5) is 26.1. The first-order chi connectivity index (χ1) is 14.1. The van der Waals surface area contributed by atoms with E-state index in [-0.39, 0.29) is 23.1 Å². The number of amides is 3. The van der Waals surface area contributed by atoms with Crippen molar-refractivity contribution >= 4 is 40.7 Å². The highest BCUT2D eigenvalue weighted by atomic mass is 32.2. The minimum Gasteiger partial charge on any atom is -0.338 e. The summed E-state index contributed by atoms with van der Waals surface area (Å²) in [5.41, 5.74) is 3.56. The molecule has 4 N–H and O–H groups in total. The molecule has 1 saturated heterocycles. The third-order valence-electron chi connectivity index (χ3n) is 4.92. The number of rotatable bonds is 7. The van der Waals surface area contributed by atoms with Crippen molar-refractivity contribution in [3.63, 3.8) is 0 Å². The van der Waals surface area contributed by atoms with Gasteiger partial charge in [0.15, 0.2) is 0 Å². The highest BCUT2D eigenvalue weighted by Crippen LogP contribution is 2.50. The van der Waals surface area contributed by atoms with Gasteiger partial charge >= 0.3 is 6.03 Å². The molecule has 6 nitrogen and oxygen atoms in total. The number of nitrogens with one attached hydrogen (secondary N) is 3. The largest absolute Gasteiger partial charge is 0.338 e. The first-order valence-electron chi connectivity index (χ1n) is 9.89. The van der Waals surface area contributed by atoms with Gasteiger partial charge in [0.1, 0.15) is 0 Å². The molecule has 1 aliphatic rings. The van der Waals surface area contributed by atoms with E-state index in [1.54, 1.807) is 16.8 Å². The molecule has 1 aromatic heterocycles. The Morgan fingerprint density at radius 2 is 2.07 bits per heavy atom. The lowest BCUT2D eigenvalue weighted by molar-refractivity contribution is -0.129. The van der Waals surface area contributed by atoms with E-state index in [4.69, 9.17) is 5.21 Å². The molecule has 29 heavy (non-hydrogen) atoms. The number of hydrogen-bond donors (Lipinski definition) is 4. The minimum absolute atomic E-state index is 0.205. The van der Waals surface area contributed by atoms with Crippen molar-refractivity contribution in [1.29, 1.82) is 0 Å². The molecule has 0 bridgehead atoms. The normalized spacial score (nSPS) is 18.8. The van der Waals surface area contributed by atoms with Crippen LogP contribution in [-0.4, -0.2) is 29.4 Å². The van der Waals surface area contributed by atoms with Crippen molar-refractivity contribution in [2.75, 3.05) is 17.6 Å². The number of benzene rings is 1. The summed E-state index contributed by atoms with van der Waals surface area (Å²) in [5.74, 6) is 0.664. The zero-order valence-electron chi connectivity index (χ0n) is 16.5. The van der Waals surface area contributed by atoms with E-state index in [0.717, 1.165) is 52.4 Å². The van der Waals surface area contributed by atoms with Crippen LogP contribution < -0.4 is 16.1 Å². The Labute approximate surface area is 179 Å². The topological polar surface area (TPSA) is 90.5 Å². The van der Waals surface area contributed by atoms with Gasteiger partial charge in [-0.05, 0) is 54.8 Å². The number of carbonyl (C=O) groups excluding carboxylic acids is 2. The predicted octanol–water partition coefficient (Wildman–Crippen LogP) is 4.95. The number of thioether (sulfide) groups is 1. The lowest BCUT2D eigenvalue weighted by Gasteiger charge is -2.35. The average Bonchev–Trinajstić information content (AvgIpc) is 3.24. The molecule has 0 saturated carbocycles. The maximum absolute atomic E-state index is 11.9. The van der Waals surface area contributed by atoms with Gasteiger partial charge in [0.25, 0.3) is 0 Å². The number of anilines is 1. The van der Waals surface area contributed by atoms with Crippen LogP contribution in [0.3, 0.4) is 0 Å². The van der Waals surface area contributed by atoms with Crippen LogP contribution in [0, 0.1) is 0 Å². The molecular formula is C21H27N3O3S2. The zero-order chi connectivity index (χ0) is 20.7. The first-order valence-corrected chi connectivity index (χ1v) is 11.7. The van der Waals surface area contributed by atoms with Gasteiger partial charge in [-0.1, -0.05) is 25.5 Å². The van der Waals surface area contributed by atoms with Gasteiger partial charge in [-0.2, -0.15) is 0 Å². The van der Waals surface area contributed by atoms with E-state index in [1.807, 2.05) is 43.0 Å². The van der Waals surface area contributed by atoms with Crippen molar-refractivity contribution < 1.29 is 14.8 Å². The fourth-order valence-corrected chi connectivity index (χ4v) is 6.36. The van der Waals surface area contributed by atoms with E-state index in [1.165, 1.54) is 0 Å². The summed E-state index contributed by atoms with van der Waals surface area (Å²) in [6.07, 6.45) is 4.31. The molecule has 1 fully saturated rings. The molecule has 3 amide bonds. The fraction of sp³-hybridized carbons (Fsp3) is 0.429. The molecule has 2 aromatic rings. The average molecular weight is 434 g/mol. The van der Waals surface area contributed by atoms with Gasteiger partial charge in [0.2, 0.25) is 5.91 Å². The number of hydrogen-bond acceptors (Lipinski definition) is 5. The lowest BCUT2D eigenvalue weighted by atomic mass is 9.94. The molecule has 0 radical (unpaired) electrons. The van der Waals surface area contributed by atoms with Gasteiger partial charge in [-0.25, -0.2) is 10.3 Å². The number of hydroxylamine groups is 1. The van der Waals surface area contributed by atoms with Crippen LogP contribution in [0.5, 0.6) is 0 Å². The Balaban J connectivity index is 1.80. The monoisotopic (exact) mass is 433 g/mol. The maximum Gasteiger partial charge on any atom is 0.319 e. The first kappa shape index (κ1) is 21.7. The maximum atomic E-state index is 11.9. The highest BCUT2D eigenvalue weighted by molar-refractivity contribution is 8.00. The van der Waals surface area contributed by atoms with Crippen molar-refractivity contribution in [1.82, 2.24) is 10.8 Å². The predicted molar refractivity (Wildman–Crippen MR) is 120 cm³/mol. The third-order valence-corrected chi connectivity index (χ3v) is 8.00. The van der Waals surface area contributed by atoms with Crippen LogP contribution in [0.1, 0.15) is 43.9 Å². The summed E-state index contributed by atoms with van der Waals surface area (Å²) >= 11 is 3.48. The highest BCUT2D eigenvalue weighted by Gasteiger charge is 2.38. The number of carbonyl (C=O) groups is 2.